The topological polar surface area (TPSA) is 30.5 Å². The lowest BCUT2D eigenvalue weighted by atomic mass is 9.81. The molecule has 0 fully saturated rings. The Hall–Kier alpha value is 0.270. The molecule has 45 heavy (non-hydrogen) atoms. The second-order valence-electron chi connectivity index (χ2n) is 22.3. The van der Waals surface area contributed by atoms with E-state index in [0.29, 0.717) is 0 Å². The van der Waals surface area contributed by atoms with Gasteiger partial charge in [-0.3, -0.25) is 20.4 Å². The Balaban J connectivity index is 7.18. The van der Waals surface area contributed by atoms with E-state index < -0.39 is 7.26 Å². The van der Waals surface area contributed by atoms with Crippen molar-refractivity contribution in [1.82, 2.24) is 20.4 Å². The van der Waals surface area contributed by atoms with Crippen LogP contribution in [0.2, 0.25) is 0 Å². The summed E-state index contributed by atoms with van der Waals surface area (Å²) in [6.07, 6.45) is 9.22. The predicted octanol–water partition coefficient (Wildman–Crippen LogP) is 11.5. The van der Waals surface area contributed by atoms with Crippen LogP contribution < -0.4 is 10.6 Å². The molecule has 0 heterocycles. The van der Waals surface area contributed by atoms with Gasteiger partial charge in [-0.25, -0.2) is 0 Å². The van der Waals surface area contributed by atoms with Gasteiger partial charge in [0.25, 0.3) is 0 Å². The van der Waals surface area contributed by atoms with E-state index in [0.717, 1.165) is 38.5 Å². The molecular formula is C40H88N4P+. The second kappa shape index (κ2) is 15.9. The van der Waals surface area contributed by atoms with Crippen LogP contribution in [0.25, 0.3) is 0 Å². The van der Waals surface area contributed by atoms with E-state index >= 15 is 0 Å². The molecule has 4 nitrogen and oxygen atoms in total. The van der Waals surface area contributed by atoms with E-state index in [1.54, 1.807) is 0 Å². The van der Waals surface area contributed by atoms with Gasteiger partial charge < -0.3 is 0 Å². The van der Waals surface area contributed by atoms with Crippen LogP contribution >= 0.6 is 7.26 Å². The molecule has 0 spiro atoms. The Morgan fingerprint density at radius 1 is 0.400 bits per heavy atom. The van der Waals surface area contributed by atoms with E-state index in [1.165, 1.54) is 25.4 Å². The van der Waals surface area contributed by atoms with Gasteiger partial charge in [-0.1, -0.05) is 96.9 Å². The molecule has 0 amide bonds. The first-order chi connectivity index (χ1) is 19.6. The highest BCUT2D eigenvalue weighted by molar-refractivity contribution is 7.75. The Kier molecular flexibility index (Phi) is 16.0. The summed E-state index contributed by atoms with van der Waals surface area (Å²) in [6.45, 7) is 55.5. The lowest BCUT2D eigenvalue weighted by molar-refractivity contribution is 0.0920. The quantitative estimate of drug-likeness (QED) is 0.144. The predicted molar refractivity (Wildman–Crippen MR) is 210 cm³/mol. The van der Waals surface area contributed by atoms with Gasteiger partial charge in [0, 0.05) is 22.2 Å². The van der Waals surface area contributed by atoms with Gasteiger partial charge in [-0.15, -0.1) is 0 Å². The molecule has 0 saturated heterocycles. The van der Waals surface area contributed by atoms with Crippen molar-refractivity contribution in [2.45, 2.75) is 200 Å². The summed E-state index contributed by atoms with van der Waals surface area (Å²) in [4.78, 5) is 5.74. The van der Waals surface area contributed by atoms with E-state index in [-0.39, 0.29) is 43.8 Å². The standard InChI is InChI=1S/C40H88N4P/c1-23-43(39(19,20)27-35(9,10)11)31-45(29-41-37(15,16)25-33(3,4)5,30-42-38(17,18)26-34(6,7)8)32-44(24-2)40(21,22)28-36(12,13)14/h41-42H,23-32H2,1-22H3/q+1. The van der Waals surface area contributed by atoms with Crippen LogP contribution in [0.15, 0.2) is 0 Å². The zero-order valence-electron chi connectivity index (χ0n) is 35.4. The average Bonchev–Trinajstić information content (AvgIpc) is 2.71. The number of nitrogens with zero attached hydrogens (tertiary/aromatic N) is 2. The van der Waals surface area contributed by atoms with Gasteiger partial charge in [0.15, 0.2) is 0 Å². The van der Waals surface area contributed by atoms with Gasteiger partial charge in [0.1, 0.15) is 25.1 Å². The number of hydrogen-bond donors (Lipinski definition) is 2. The van der Waals surface area contributed by atoms with Gasteiger partial charge in [0.2, 0.25) is 0 Å². The first kappa shape index (κ1) is 45.3. The molecule has 0 rings (SSSR count). The van der Waals surface area contributed by atoms with Crippen LogP contribution in [0, 0.1) is 21.7 Å². The van der Waals surface area contributed by atoms with Crippen molar-refractivity contribution in [3.8, 4) is 0 Å². The maximum absolute atomic E-state index is 4.26. The summed E-state index contributed by atoms with van der Waals surface area (Å²) in [7, 11) is -1.66. The van der Waals surface area contributed by atoms with Crippen LogP contribution in [0.5, 0.6) is 0 Å². The fourth-order valence-corrected chi connectivity index (χ4v) is 13.6. The van der Waals surface area contributed by atoms with Crippen LogP contribution in [0.1, 0.15) is 178 Å². The SMILES string of the molecule is CCN(C[P+](CNC(C)(C)CC(C)(C)C)(CNC(C)(C)CC(C)(C)C)CN(CC)C(C)(C)CC(C)(C)C)C(C)(C)CC(C)(C)C. The fraction of sp³-hybridized carbons (Fsp3) is 1.00. The van der Waals surface area contributed by atoms with Gasteiger partial charge in [-0.2, -0.15) is 0 Å². The highest BCUT2D eigenvalue weighted by Gasteiger charge is 2.48. The lowest BCUT2D eigenvalue weighted by Gasteiger charge is -2.49. The summed E-state index contributed by atoms with van der Waals surface area (Å²) in [5, 5.41) is 8.51. The van der Waals surface area contributed by atoms with Crippen molar-refractivity contribution in [3.63, 3.8) is 0 Å². The first-order valence-corrected chi connectivity index (χ1v) is 21.0. The summed E-state index contributed by atoms with van der Waals surface area (Å²) in [5.74, 6) is 0. The lowest BCUT2D eigenvalue weighted by Crippen LogP contribution is -2.54. The Morgan fingerprint density at radius 3 is 0.844 bits per heavy atom. The molecule has 0 saturated carbocycles. The Bertz CT molecular complexity index is 787. The van der Waals surface area contributed by atoms with Crippen molar-refractivity contribution < 1.29 is 0 Å². The molecule has 0 aliphatic carbocycles. The zero-order valence-corrected chi connectivity index (χ0v) is 36.3. The molecule has 2 N–H and O–H groups in total. The molecular weight excluding hydrogens is 567 g/mol. The summed E-state index contributed by atoms with van der Waals surface area (Å²) in [6, 6.07) is 0. The van der Waals surface area contributed by atoms with E-state index in [2.05, 4.69) is 173 Å². The second-order valence-corrected chi connectivity index (χ2v) is 26.2. The third kappa shape index (κ3) is 19.1. The first-order valence-electron chi connectivity index (χ1n) is 18.4. The molecule has 0 aromatic carbocycles. The highest BCUT2D eigenvalue weighted by atomic mass is 31.2. The molecule has 272 valence electrons. The molecule has 0 aliphatic rings. The monoisotopic (exact) mass is 656 g/mol. The molecule has 0 aromatic rings. The zero-order chi connectivity index (χ0) is 36.1. The smallest absolute Gasteiger partial charge is 0.116 e. The molecule has 0 unspecified atom stereocenters. The summed E-state index contributed by atoms with van der Waals surface area (Å²) < 4.78 is 0. The number of nitrogens with one attached hydrogen (secondary N) is 2. The minimum atomic E-state index is -1.66. The maximum atomic E-state index is 4.26. The Labute approximate surface area is 287 Å². The van der Waals surface area contributed by atoms with Crippen molar-refractivity contribution in [3.05, 3.63) is 0 Å². The average molecular weight is 656 g/mol. The van der Waals surface area contributed by atoms with Crippen LogP contribution in [0.3, 0.4) is 0 Å². The largest absolute Gasteiger partial charge is 0.280 e. The molecule has 0 bridgehead atoms. The van der Waals surface area contributed by atoms with Crippen molar-refractivity contribution in [1.29, 1.82) is 0 Å². The van der Waals surface area contributed by atoms with Crippen molar-refractivity contribution >= 4 is 7.26 Å². The van der Waals surface area contributed by atoms with E-state index in [9.17, 15) is 0 Å². The van der Waals surface area contributed by atoms with Crippen LogP contribution in [-0.2, 0) is 0 Å². The van der Waals surface area contributed by atoms with Crippen molar-refractivity contribution in [2.24, 2.45) is 21.7 Å². The third-order valence-electron chi connectivity index (χ3n) is 9.07. The van der Waals surface area contributed by atoms with Gasteiger partial charge in [-0.05, 0) is 116 Å². The van der Waals surface area contributed by atoms with Gasteiger partial charge >= 0.3 is 0 Å². The highest BCUT2D eigenvalue weighted by Crippen LogP contribution is 2.60. The minimum Gasteiger partial charge on any atom is -0.280 e. The fourth-order valence-electron chi connectivity index (χ4n) is 8.82. The summed E-state index contributed by atoms with van der Waals surface area (Å²) in [5.41, 5.74) is 1.50. The number of hydrogen-bond acceptors (Lipinski definition) is 4. The maximum Gasteiger partial charge on any atom is 0.116 e. The molecule has 0 aliphatic heterocycles. The molecule has 0 radical (unpaired) electrons. The molecule has 5 heteroatoms. The molecule has 0 atom stereocenters. The van der Waals surface area contributed by atoms with E-state index in [4.69, 9.17) is 0 Å². The van der Waals surface area contributed by atoms with Crippen LogP contribution in [0.4, 0.5) is 0 Å². The van der Waals surface area contributed by atoms with Crippen molar-refractivity contribution in [2.75, 3.05) is 38.2 Å². The molecule has 0 aromatic heterocycles. The number of rotatable bonds is 18. The van der Waals surface area contributed by atoms with Gasteiger partial charge in [0.05, 0.1) is 7.26 Å². The minimum absolute atomic E-state index is 0.0698. The normalized spacial score (nSPS) is 15.5. The van der Waals surface area contributed by atoms with Crippen LogP contribution in [-0.4, -0.2) is 70.2 Å². The Morgan fingerprint density at radius 2 is 0.644 bits per heavy atom. The van der Waals surface area contributed by atoms with E-state index in [1.807, 2.05) is 0 Å². The third-order valence-corrected chi connectivity index (χ3v) is 12.6. The summed E-state index contributed by atoms with van der Waals surface area (Å²) >= 11 is 0.